The maximum absolute atomic E-state index is 13.8. The smallest absolute Gasteiger partial charge is 0.231 e. The largest absolute Gasteiger partial charge is 0.339 e. The summed E-state index contributed by atoms with van der Waals surface area (Å²) in [5.41, 5.74) is 0.734. The lowest BCUT2D eigenvalue weighted by Crippen LogP contribution is -2.20. The van der Waals surface area contributed by atoms with Crippen molar-refractivity contribution in [1.82, 2.24) is 15.0 Å². The van der Waals surface area contributed by atoms with Crippen molar-refractivity contribution in [1.29, 1.82) is 0 Å². The summed E-state index contributed by atoms with van der Waals surface area (Å²) in [7, 11) is 0. The fourth-order valence-corrected chi connectivity index (χ4v) is 3.60. The van der Waals surface area contributed by atoms with Gasteiger partial charge in [-0.05, 0) is 30.5 Å². The van der Waals surface area contributed by atoms with E-state index in [-0.39, 0.29) is 11.7 Å². The molecule has 4 nitrogen and oxygen atoms in total. The van der Waals surface area contributed by atoms with Gasteiger partial charge in [0.05, 0.1) is 10.8 Å². The molecule has 0 saturated carbocycles. The Kier molecular flexibility index (Phi) is 3.93. The van der Waals surface area contributed by atoms with Crippen LogP contribution in [0.2, 0.25) is 0 Å². The van der Waals surface area contributed by atoms with Crippen LogP contribution in [0.5, 0.6) is 0 Å². The molecule has 0 amide bonds. The zero-order valence-electron chi connectivity index (χ0n) is 12.5. The molecule has 1 atom stereocenters. The number of halogens is 1. The summed E-state index contributed by atoms with van der Waals surface area (Å²) in [6.07, 6.45) is 0.959. The Morgan fingerprint density at radius 2 is 2.17 bits per heavy atom. The fourth-order valence-electron chi connectivity index (χ4n) is 2.95. The first kappa shape index (κ1) is 14.5. The van der Waals surface area contributed by atoms with E-state index in [2.05, 4.69) is 15.0 Å². The first-order valence-corrected chi connectivity index (χ1v) is 8.51. The van der Waals surface area contributed by atoms with Crippen LogP contribution < -0.4 is 0 Å². The minimum Gasteiger partial charge on any atom is -0.339 e. The van der Waals surface area contributed by atoms with E-state index in [0.717, 1.165) is 30.0 Å². The van der Waals surface area contributed by atoms with Crippen molar-refractivity contribution in [2.24, 2.45) is 0 Å². The van der Waals surface area contributed by atoms with E-state index in [9.17, 15) is 4.39 Å². The number of rotatable bonds is 4. The minimum absolute atomic E-state index is 0.145. The van der Waals surface area contributed by atoms with Gasteiger partial charge in [0.2, 0.25) is 11.7 Å². The molecule has 118 valence electrons. The summed E-state index contributed by atoms with van der Waals surface area (Å²) in [6, 6.07) is 10.9. The average Bonchev–Trinajstić information content (AvgIpc) is 3.30. The molecule has 23 heavy (non-hydrogen) atoms. The van der Waals surface area contributed by atoms with Gasteiger partial charge in [-0.1, -0.05) is 29.4 Å². The highest BCUT2D eigenvalue weighted by Gasteiger charge is 2.29. The molecule has 1 aromatic carbocycles. The van der Waals surface area contributed by atoms with Crippen molar-refractivity contribution in [2.75, 3.05) is 13.1 Å². The van der Waals surface area contributed by atoms with Gasteiger partial charge in [0.25, 0.3) is 0 Å². The number of aromatic nitrogens is 2. The van der Waals surface area contributed by atoms with Gasteiger partial charge in [-0.3, -0.25) is 4.90 Å². The lowest BCUT2D eigenvalue weighted by Gasteiger charge is -2.15. The Balaban J connectivity index is 1.43. The molecular formula is C17H16FN3OS. The predicted octanol–water partition coefficient (Wildman–Crippen LogP) is 3.93. The Morgan fingerprint density at radius 3 is 3.00 bits per heavy atom. The monoisotopic (exact) mass is 329 g/mol. The number of nitrogens with zero attached hydrogens (tertiary/aromatic N) is 3. The second-order valence-corrected chi connectivity index (χ2v) is 6.69. The Morgan fingerprint density at radius 1 is 1.26 bits per heavy atom. The van der Waals surface area contributed by atoms with Gasteiger partial charge >= 0.3 is 0 Å². The van der Waals surface area contributed by atoms with Crippen molar-refractivity contribution in [3.05, 3.63) is 59.0 Å². The normalized spacial score (nSPS) is 18.6. The lowest BCUT2D eigenvalue weighted by atomic mass is 10.1. The molecule has 4 rings (SSSR count). The van der Waals surface area contributed by atoms with E-state index in [1.54, 1.807) is 17.4 Å². The number of benzene rings is 1. The molecule has 0 N–H and O–H groups in total. The van der Waals surface area contributed by atoms with Crippen molar-refractivity contribution in [3.8, 4) is 10.7 Å². The van der Waals surface area contributed by atoms with Crippen LogP contribution in [0.4, 0.5) is 4.39 Å². The predicted molar refractivity (Wildman–Crippen MR) is 86.6 cm³/mol. The summed E-state index contributed by atoms with van der Waals surface area (Å²) in [5, 5.41) is 6.07. The Bertz CT molecular complexity index is 787. The summed E-state index contributed by atoms with van der Waals surface area (Å²) in [4.78, 5) is 7.77. The molecule has 0 radical (unpaired) electrons. The number of hydrogen-bond donors (Lipinski definition) is 0. The molecule has 3 heterocycles. The Hall–Kier alpha value is -2.05. The van der Waals surface area contributed by atoms with Crippen molar-refractivity contribution in [2.45, 2.75) is 18.9 Å². The third-order valence-electron chi connectivity index (χ3n) is 4.16. The van der Waals surface area contributed by atoms with Gasteiger partial charge in [-0.2, -0.15) is 4.98 Å². The standard InChI is InChI=1S/C17H16FN3OS/c18-14-5-2-1-4-12(14)10-21-8-7-13(11-21)17-19-16(20-22-17)15-6-3-9-23-15/h1-6,9,13H,7-8,10-11H2. The zero-order valence-corrected chi connectivity index (χ0v) is 13.3. The summed E-state index contributed by atoms with van der Waals surface area (Å²) in [5.74, 6) is 1.42. The third kappa shape index (κ3) is 3.04. The molecule has 1 saturated heterocycles. The lowest BCUT2D eigenvalue weighted by molar-refractivity contribution is 0.305. The molecule has 0 bridgehead atoms. The molecule has 1 aliphatic heterocycles. The molecule has 6 heteroatoms. The molecule has 0 spiro atoms. The highest BCUT2D eigenvalue weighted by atomic mass is 32.1. The van der Waals surface area contributed by atoms with E-state index in [1.165, 1.54) is 6.07 Å². The van der Waals surface area contributed by atoms with Gasteiger partial charge in [0.1, 0.15) is 5.82 Å². The van der Waals surface area contributed by atoms with Crippen LogP contribution in [0.15, 0.2) is 46.3 Å². The second-order valence-electron chi connectivity index (χ2n) is 5.75. The van der Waals surface area contributed by atoms with Crippen LogP contribution >= 0.6 is 11.3 Å². The van der Waals surface area contributed by atoms with E-state index in [4.69, 9.17) is 4.52 Å². The van der Waals surface area contributed by atoms with Crippen molar-refractivity contribution < 1.29 is 8.91 Å². The molecule has 1 aliphatic rings. The zero-order chi connectivity index (χ0) is 15.6. The number of likely N-dealkylation sites (tertiary alicyclic amines) is 1. The summed E-state index contributed by atoms with van der Waals surface area (Å²) < 4.78 is 19.2. The third-order valence-corrected chi connectivity index (χ3v) is 5.02. The first-order valence-electron chi connectivity index (χ1n) is 7.63. The Labute approximate surface area is 137 Å². The van der Waals surface area contributed by atoms with Crippen molar-refractivity contribution >= 4 is 11.3 Å². The summed E-state index contributed by atoms with van der Waals surface area (Å²) >= 11 is 1.60. The van der Waals surface area contributed by atoms with E-state index < -0.39 is 0 Å². The quantitative estimate of drug-likeness (QED) is 0.727. The fraction of sp³-hybridized carbons (Fsp3) is 0.294. The highest BCUT2D eigenvalue weighted by Crippen LogP contribution is 2.30. The maximum atomic E-state index is 13.8. The molecule has 3 aromatic rings. The summed E-state index contributed by atoms with van der Waals surface area (Å²) in [6.45, 7) is 2.35. The second kappa shape index (κ2) is 6.22. The van der Waals surface area contributed by atoms with E-state index in [1.807, 2.05) is 29.6 Å². The van der Waals surface area contributed by atoms with Gasteiger partial charge < -0.3 is 4.52 Å². The van der Waals surface area contributed by atoms with Gasteiger partial charge in [-0.25, -0.2) is 4.39 Å². The first-order chi connectivity index (χ1) is 11.3. The topological polar surface area (TPSA) is 42.2 Å². The van der Waals surface area contributed by atoms with Gasteiger partial charge in [0, 0.05) is 18.7 Å². The molecule has 2 aromatic heterocycles. The van der Waals surface area contributed by atoms with Crippen LogP contribution in [0.1, 0.15) is 23.8 Å². The van der Waals surface area contributed by atoms with Gasteiger partial charge in [-0.15, -0.1) is 11.3 Å². The molecular weight excluding hydrogens is 313 g/mol. The maximum Gasteiger partial charge on any atom is 0.231 e. The van der Waals surface area contributed by atoms with E-state index in [0.29, 0.717) is 18.3 Å². The highest BCUT2D eigenvalue weighted by molar-refractivity contribution is 7.13. The van der Waals surface area contributed by atoms with Crippen molar-refractivity contribution in [3.63, 3.8) is 0 Å². The number of thiophene rings is 1. The SMILES string of the molecule is Fc1ccccc1CN1CCC(c2nc(-c3cccs3)no2)C1. The van der Waals surface area contributed by atoms with Crippen LogP contribution in [0.3, 0.4) is 0 Å². The van der Waals surface area contributed by atoms with Gasteiger partial charge in [0.15, 0.2) is 0 Å². The minimum atomic E-state index is -0.145. The average molecular weight is 329 g/mol. The van der Waals surface area contributed by atoms with E-state index >= 15 is 0 Å². The van der Waals surface area contributed by atoms with Crippen LogP contribution in [-0.2, 0) is 6.54 Å². The molecule has 1 fully saturated rings. The van der Waals surface area contributed by atoms with Crippen LogP contribution in [0.25, 0.3) is 10.7 Å². The van der Waals surface area contributed by atoms with Crippen LogP contribution in [0, 0.1) is 5.82 Å². The molecule has 1 unspecified atom stereocenters. The van der Waals surface area contributed by atoms with Crippen LogP contribution in [-0.4, -0.2) is 28.1 Å². The molecule has 0 aliphatic carbocycles. The number of hydrogen-bond acceptors (Lipinski definition) is 5.